The van der Waals surface area contributed by atoms with Crippen LogP contribution in [0.3, 0.4) is 0 Å². The van der Waals surface area contributed by atoms with Crippen molar-refractivity contribution in [3.05, 3.63) is 24.3 Å². The summed E-state index contributed by atoms with van der Waals surface area (Å²) in [6.07, 6.45) is 6.69. The van der Waals surface area contributed by atoms with Gasteiger partial charge in [-0.2, -0.15) is 0 Å². The molecule has 5 fully saturated rings. The molecule has 1 aromatic rings. The zero-order valence-corrected chi connectivity index (χ0v) is 14.8. The summed E-state index contributed by atoms with van der Waals surface area (Å²) in [5, 5.41) is 9.68. The second-order valence-corrected chi connectivity index (χ2v) is 8.79. The number of hydrogen-bond donors (Lipinski definition) is 1. The van der Waals surface area contributed by atoms with E-state index in [1.165, 1.54) is 32.1 Å². The third kappa shape index (κ3) is 2.70. The zero-order valence-electron chi connectivity index (χ0n) is 14.8. The summed E-state index contributed by atoms with van der Waals surface area (Å²) >= 11 is 0. The molecule has 25 heavy (non-hydrogen) atoms. The molecule has 0 unspecified atom stereocenters. The van der Waals surface area contributed by atoms with Crippen LogP contribution in [0.25, 0.3) is 0 Å². The maximum Gasteiger partial charge on any atom is 0.226 e. The second kappa shape index (κ2) is 5.93. The van der Waals surface area contributed by atoms with E-state index in [1.807, 2.05) is 18.2 Å². The number of anilines is 1. The van der Waals surface area contributed by atoms with E-state index >= 15 is 0 Å². The maximum absolute atomic E-state index is 13.3. The molecule has 1 aliphatic heterocycles. The summed E-state index contributed by atoms with van der Waals surface area (Å²) in [6, 6.07) is 7.44. The summed E-state index contributed by atoms with van der Waals surface area (Å²) in [5.74, 6) is 4.28. The lowest BCUT2D eigenvalue weighted by atomic mass is 9.51. The van der Waals surface area contributed by atoms with E-state index in [4.69, 9.17) is 0 Å². The highest BCUT2D eigenvalue weighted by Gasteiger charge is 2.51. The zero-order chi connectivity index (χ0) is 17.0. The highest BCUT2D eigenvalue weighted by molar-refractivity contribution is 5.80. The Kier molecular flexibility index (Phi) is 3.68. The largest absolute Gasteiger partial charge is 0.508 e. The third-order valence-electron chi connectivity index (χ3n) is 7.30. The molecule has 0 radical (unpaired) electrons. The van der Waals surface area contributed by atoms with Crippen molar-refractivity contribution >= 4 is 11.6 Å². The van der Waals surface area contributed by atoms with Crippen molar-refractivity contribution in [2.45, 2.75) is 32.1 Å². The first-order valence-corrected chi connectivity index (χ1v) is 10.00. The Balaban J connectivity index is 1.24. The van der Waals surface area contributed by atoms with Gasteiger partial charge >= 0.3 is 0 Å². The summed E-state index contributed by atoms with van der Waals surface area (Å²) in [5.41, 5.74) is 1.06. The number of nitrogens with zero attached hydrogens (tertiary/aromatic N) is 2. The fourth-order valence-electron chi connectivity index (χ4n) is 6.41. The lowest BCUT2D eigenvalue weighted by Crippen LogP contribution is -2.56. The number of carbonyl (C=O) groups excluding carboxylic acids is 1. The number of piperazine rings is 1. The van der Waals surface area contributed by atoms with E-state index in [9.17, 15) is 9.90 Å². The van der Waals surface area contributed by atoms with E-state index in [0.717, 1.165) is 43.7 Å². The molecule has 4 nitrogen and oxygen atoms in total. The molecule has 5 aliphatic rings. The number of hydrogen-bond acceptors (Lipinski definition) is 3. The monoisotopic (exact) mass is 340 g/mol. The highest BCUT2D eigenvalue weighted by atomic mass is 16.3. The molecule has 4 heteroatoms. The van der Waals surface area contributed by atoms with Crippen molar-refractivity contribution in [2.75, 3.05) is 31.1 Å². The Morgan fingerprint density at radius 3 is 2.16 bits per heavy atom. The lowest BCUT2D eigenvalue weighted by molar-refractivity contribution is -0.149. The molecule has 4 bridgehead atoms. The Bertz CT molecular complexity index is 638. The minimum atomic E-state index is 0.310. The Hall–Kier alpha value is -1.71. The molecule has 4 saturated carbocycles. The molecule has 1 heterocycles. The average molecular weight is 340 g/mol. The van der Waals surface area contributed by atoms with Crippen molar-refractivity contribution in [3.63, 3.8) is 0 Å². The SMILES string of the molecule is O=C(C1C2CC3CC(C2)CC1C3)N1CCN(c2cccc(O)c2)CC1. The molecule has 134 valence electrons. The number of carbonyl (C=O) groups is 1. The molecule has 0 aromatic heterocycles. The minimum absolute atomic E-state index is 0.310. The molecule has 0 atom stereocenters. The molecule has 4 aliphatic carbocycles. The molecule has 1 aromatic carbocycles. The summed E-state index contributed by atoms with van der Waals surface area (Å²) in [6.45, 7) is 3.36. The van der Waals surface area contributed by atoms with Crippen LogP contribution in [0.5, 0.6) is 5.75 Å². The molecule has 1 saturated heterocycles. The van der Waals surface area contributed by atoms with Crippen LogP contribution >= 0.6 is 0 Å². The first kappa shape index (κ1) is 15.5. The van der Waals surface area contributed by atoms with Gasteiger partial charge in [0.15, 0.2) is 0 Å². The number of benzene rings is 1. The third-order valence-corrected chi connectivity index (χ3v) is 7.30. The first-order chi connectivity index (χ1) is 12.2. The van der Waals surface area contributed by atoms with Crippen molar-refractivity contribution in [3.8, 4) is 5.75 Å². The molecule has 6 rings (SSSR count). The first-order valence-electron chi connectivity index (χ1n) is 10.00. The summed E-state index contributed by atoms with van der Waals surface area (Å²) < 4.78 is 0. The van der Waals surface area contributed by atoms with Gasteiger partial charge in [0.05, 0.1) is 0 Å². The molecule has 1 N–H and O–H groups in total. The molecular formula is C21H28N2O2. The van der Waals surface area contributed by atoms with Crippen LogP contribution in [0.2, 0.25) is 0 Å². The second-order valence-electron chi connectivity index (χ2n) is 8.79. The Morgan fingerprint density at radius 1 is 0.920 bits per heavy atom. The van der Waals surface area contributed by atoms with Crippen molar-refractivity contribution in [1.82, 2.24) is 4.90 Å². The maximum atomic E-state index is 13.3. The van der Waals surface area contributed by atoms with Crippen LogP contribution in [0.15, 0.2) is 24.3 Å². The quantitative estimate of drug-likeness (QED) is 0.900. The van der Waals surface area contributed by atoms with E-state index in [0.29, 0.717) is 29.4 Å². The Morgan fingerprint density at radius 2 is 1.56 bits per heavy atom. The molecular weight excluding hydrogens is 312 g/mol. The smallest absolute Gasteiger partial charge is 0.226 e. The van der Waals surface area contributed by atoms with E-state index in [1.54, 1.807) is 6.07 Å². The normalized spacial score (nSPS) is 36.7. The van der Waals surface area contributed by atoms with Gasteiger partial charge in [-0.1, -0.05) is 6.07 Å². The van der Waals surface area contributed by atoms with Crippen LogP contribution in [0.1, 0.15) is 32.1 Å². The van der Waals surface area contributed by atoms with Gasteiger partial charge in [-0.25, -0.2) is 0 Å². The van der Waals surface area contributed by atoms with Crippen LogP contribution in [0, 0.1) is 29.6 Å². The van der Waals surface area contributed by atoms with Gasteiger partial charge in [-0.3, -0.25) is 4.79 Å². The number of rotatable bonds is 2. The van der Waals surface area contributed by atoms with Crippen molar-refractivity contribution < 1.29 is 9.90 Å². The number of amides is 1. The van der Waals surface area contributed by atoms with E-state index < -0.39 is 0 Å². The van der Waals surface area contributed by atoms with Crippen molar-refractivity contribution in [2.24, 2.45) is 29.6 Å². The predicted octanol–water partition coefficient (Wildman–Crippen LogP) is 3.11. The van der Waals surface area contributed by atoms with E-state index in [-0.39, 0.29) is 0 Å². The van der Waals surface area contributed by atoms with Crippen molar-refractivity contribution in [1.29, 1.82) is 0 Å². The van der Waals surface area contributed by atoms with Gasteiger partial charge in [0.1, 0.15) is 5.75 Å². The van der Waals surface area contributed by atoms with Gasteiger partial charge in [-0.05, 0) is 67.9 Å². The fourth-order valence-corrected chi connectivity index (χ4v) is 6.41. The van der Waals surface area contributed by atoms with Crippen LogP contribution in [-0.2, 0) is 4.79 Å². The van der Waals surface area contributed by atoms with Gasteiger partial charge in [0, 0.05) is 43.9 Å². The molecule has 1 amide bonds. The topological polar surface area (TPSA) is 43.8 Å². The predicted molar refractivity (Wildman–Crippen MR) is 97.4 cm³/mol. The van der Waals surface area contributed by atoms with Gasteiger partial charge in [0.2, 0.25) is 5.91 Å². The summed E-state index contributed by atoms with van der Waals surface area (Å²) in [7, 11) is 0. The minimum Gasteiger partial charge on any atom is -0.508 e. The number of phenolic OH excluding ortho intramolecular Hbond substituents is 1. The summed E-state index contributed by atoms with van der Waals surface area (Å²) in [4.78, 5) is 17.7. The van der Waals surface area contributed by atoms with Crippen LogP contribution in [-0.4, -0.2) is 42.1 Å². The fraction of sp³-hybridized carbons (Fsp3) is 0.667. The standard InChI is InChI=1S/C21H28N2O2/c24-19-3-1-2-18(13-19)22-4-6-23(7-5-22)21(25)20-16-9-14-8-15(11-16)12-17(20)10-14/h1-3,13-17,20,24H,4-12H2. The highest BCUT2D eigenvalue weighted by Crippen LogP contribution is 2.56. The van der Waals surface area contributed by atoms with Gasteiger partial charge in [-0.15, -0.1) is 0 Å². The molecule has 0 spiro atoms. The van der Waals surface area contributed by atoms with Gasteiger partial charge in [0.25, 0.3) is 0 Å². The average Bonchev–Trinajstić information content (AvgIpc) is 2.61. The van der Waals surface area contributed by atoms with Crippen LogP contribution < -0.4 is 4.90 Å². The van der Waals surface area contributed by atoms with Crippen LogP contribution in [0.4, 0.5) is 5.69 Å². The number of aromatic hydroxyl groups is 1. The van der Waals surface area contributed by atoms with E-state index in [2.05, 4.69) is 9.80 Å². The van der Waals surface area contributed by atoms with Gasteiger partial charge < -0.3 is 14.9 Å². The lowest BCUT2D eigenvalue weighted by Gasteiger charge is -2.54. The number of phenols is 1. The Labute approximate surface area is 149 Å².